The average Bonchev–Trinajstić information content (AvgIpc) is 2.83. The Labute approximate surface area is 114 Å². The van der Waals surface area contributed by atoms with Gasteiger partial charge in [-0.3, -0.25) is 0 Å². The number of hydrogen-bond donors (Lipinski definition) is 2. The zero-order chi connectivity index (χ0) is 14.0. The lowest BCUT2D eigenvalue weighted by Gasteiger charge is -2.21. The Morgan fingerprint density at radius 1 is 1.47 bits per heavy atom. The molecule has 0 radical (unpaired) electrons. The Morgan fingerprint density at radius 3 is 2.79 bits per heavy atom. The topological polar surface area (TPSA) is 75.3 Å². The molecule has 0 spiro atoms. The van der Waals surface area contributed by atoms with Crippen molar-refractivity contribution in [3.05, 3.63) is 11.4 Å². The maximum Gasteiger partial charge on any atom is 0.137 e. The van der Waals surface area contributed by atoms with Gasteiger partial charge in [0, 0.05) is 31.0 Å². The number of anilines is 2. The zero-order valence-corrected chi connectivity index (χ0v) is 12.1. The fourth-order valence-corrected chi connectivity index (χ4v) is 2.59. The largest absolute Gasteiger partial charge is 0.393 e. The van der Waals surface area contributed by atoms with Crippen LogP contribution in [0.25, 0.3) is 0 Å². The van der Waals surface area contributed by atoms with Crippen molar-refractivity contribution in [3.63, 3.8) is 0 Å². The first-order valence-electron chi connectivity index (χ1n) is 7.09. The first-order valence-corrected chi connectivity index (χ1v) is 7.09. The second kappa shape index (κ2) is 5.74. The van der Waals surface area contributed by atoms with Crippen LogP contribution in [0.15, 0.2) is 0 Å². The number of aliphatic hydroxyl groups is 1. The molecule has 1 aliphatic heterocycles. The summed E-state index contributed by atoms with van der Waals surface area (Å²) in [4.78, 5) is 11.2. The molecule has 0 amide bonds. The fraction of sp³-hybridized carbons (Fsp3) is 0.714. The Morgan fingerprint density at radius 2 is 2.21 bits per heavy atom. The summed E-state index contributed by atoms with van der Waals surface area (Å²) in [6, 6.07) is 0. The van der Waals surface area contributed by atoms with E-state index in [2.05, 4.69) is 21.8 Å². The molecule has 2 unspecified atom stereocenters. The molecule has 1 aromatic heterocycles. The number of nitrogen functional groups attached to an aromatic ring is 1. The highest BCUT2D eigenvalue weighted by molar-refractivity contribution is 5.57. The minimum absolute atomic E-state index is 0.264. The van der Waals surface area contributed by atoms with Gasteiger partial charge in [0.2, 0.25) is 0 Å². The monoisotopic (exact) mass is 264 g/mol. The van der Waals surface area contributed by atoms with E-state index in [0.29, 0.717) is 11.7 Å². The average molecular weight is 264 g/mol. The van der Waals surface area contributed by atoms with E-state index in [1.165, 1.54) is 0 Å². The highest BCUT2D eigenvalue weighted by atomic mass is 16.3. The predicted molar refractivity (Wildman–Crippen MR) is 77.2 cm³/mol. The van der Waals surface area contributed by atoms with Gasteiger partial charge in [0.1, 0.15) is 17.5 Å². The van der Waals surface area contributed by atoms with E-state index in [-0.39, 0.29) is 6.10 Å². The van der Waals surface area contributed by atoms with Crippen LogP contribution in [-0.2, 0) is 6.42 Å². The first-order chi connectivity index (χ1) is 9.02. The Bertz CT molecular complexity index is 447. The predicted octanol–water partition coefficient (Wildman–Crippen LogP) is 1.53. The van der Waals surface area contributed by atoms with Gasteiger partial charge in [-0.15, -0.1) is 0 Å². The second-order valence-corrected chi connectivity index (χ2v) is 5.46. The van der Waals surface area contributed by atoms with E-state index in [9.17, 15) is 5.11 Å². The van der Waals surface area contributed by atoms with Crippen LogP contribution in [0, 0.1) is 12.8 Å². The van der Waals surface area contributed by atoms with Gasteiger partial charge in [-0.05, 0) is 26.7 Å². The number of nitrogens with zero attached hydrogens (tertiary/aromatic N) is 3. The molecule has 0 saturated carbocycles. The zero-order valence-electron chi connectivity index (χ0n) is 12.1. The van der Waals surface area contributed by atoms with Crippen LogP contribution in [0.4, 0.5) is 11.6 Å². The second-order valence-electron chi connectivity index (χ2n) is 5.46. The van der Waals surface area contributed by atoms with Crippen LogP contribution in [0.2, 0.25) is 0 Å². The van der Waals surface area contributed by atoms with Crippen LogP contribution >= 0.6 is 0 Å². The van der Waals surface area contributed by atoms with Crippen LogP contribution < -0.4 is 10.6 Å². The van der Waals surface area contributed by atoms with E-state index in [0.717, 1.165) is 49.6 Å². The third kappa shape index (κ3) is 2.97. The number of nitrogens with two attached hydrogens (primary N) is 1. The summed E-state index contributed by atoms with van der Waals surface area (Å²) in [5.41, 5.74) is 6.94. The highest BCUT2D eigenvalue weighted by Crippen LogP contribution is 2.28. The van der Waals surface area contributed by atoms with Gasteiger partial charge in [-0.1, -0.05) is 6.92 Å². The normalized spacial score (nSPS) is 20.8. The van der Waals surface area contributed by atoms with E-state index in [1.807, 2.05) is 13.8 Å². The first kappa shape index (κ1) is 14.1. The minimum atomic E-state index is -0.264. The Balaban J connectivity index is 2.24. The lowest BCUT2D eigenvalue weighted by molar-refractivity contribution is 0.136. The molecule has 5 nitrogen and oxygen atoms in total. The van der Waals surface area contributed by atoms with Gasteiger partial charge in [-0.25, -0.2) is 9.97 Å². The summed E-state index contributed by atoms with van der Waals surface area (Å²) < 4.78 is 0. The Hall–Kier alpha value is -1.36. The molecule has 19 heavy (non-hydrogen) atoms. The maximum absolute atomic E-state index is 9.70. The molecule has 106 valence electrons. The number of aromatic nitrogens is 2. The summed E-state index contributed by atoms with van der Waals surface area (Å²) in [6.45, 7) is 7.71. The Kier molecular flexibility index (Phi) is 4.24. The third-order valence-corrected chi connectivity index (χ3v) is 3.88. The molecule has 0 aliphatic carbocycles. The molecule has 2 atom stereocenters. The molecular weight excluding hydrogens is 240 g/mol. The number of aryl methyl sites for hydroxylation is 1. The smallest absolute Gasteiger partial charge is 0.137 e. The summed E-state index contributed by atoms with van der Waals surface area (Å²) >= 11 is 0. The SMILES string of the molecule is CCCc1nc(N)c(C)c(N2CCC(C(C)O)C2)n1. The van der Waals surface area contributed by atoms with E-state index >= 15 is 0 Å². The van der Waals surface area contributed by atoms with Crippen molar-refractivity contribution in [2.24, 2.45) is 5.92 Å². The van der Waals surface area contributed by atoms with Crippen molar-refractivity contribution in [1.82, 2.24) is 9.97 Å². The van der Waals surface area contributed by atoms with Crippen LogP contribution in [0.5, 0.6) is 0 Å². The van der Waals surface area contributed by atoms with Gasteiger partial charge in [-0.2, -0.15) is 0 Å². The van der Waals surface area contributed by atoms with Gasteiger partial charge in [0.05, 0.1) is 6.10 Å². The van der Waals surface area contributed by atoms with Crippen molar-refractivity contribution in [3.8, 4) is 0 Å². The summed E-state index contributed by atoms with van der Waals surface area (Å²) in [6.07, 6.45) is 2.60. The summed E-state index contributed by atoms with van der Waals surface area (Å²) in [7, 11) is 0. The molecule has 1 fully saturated rings. The van der Waals surface area contributed by atoms with Crippen molar-refractivity contribution in [1.29, 1.82) is 0 Å². The molecule has 1 aliphatic rings. The molecule has 2 rings (SSSR count). The molecule has 0 bridgehead atoms. The molecule has 1 aromatic rings. The number of aliphatic hydroxyl groups excluding tert-OH is 1. The van der Waals surface area contributed by atoms with Crippen LogP contribution in [0.3, 0.4) is 0 Å². The van der Waals surface area contributed by atoms with E-state index < -0.39 is 0 Å². The molecular formula is C14H24N4O. The minimum Gasteiger partial charge on any atom is -0.393 e. The summed E-state index contributed by atoms with van der Waals surface area (Å²) in [5.74, 6) is 2.67. The van der Waals surface area contributed by atoms with Gasteiger partial charge in [0.25, 0.3) is 0 Å². The molecule has 3 N–H and O–H groups in total. The van der Waals surface area contributed by atoms with Crippen LogP contribution in [-0.4, -0.2) is 34.3 Å². The van der Waals surface area contributed by atoms with Crippen LogP contribution in [0.1, 0.15) is 38.1 Å². The standard InChI is InChI=1S/C14H24N4O/c1-4-5-12-16-13(15)9(2)14(17-12)18-7-6-11(8-18)10(3)19/h10-11,19H,4-8H2,1-3H3,(H2,15,16,17). The quantitative estimate of drug-likeness (QED) is 0.862. The van der Waals surface area contributed by atoms with Crippen molar-refractivity contribution in [2.45, 2.75) is 46.1 Å². The van der Waals surface area contributed by atoms with Gasteiger partial charge in [0.15, 0.2) is 0 Å². The highest BCUT2D eigenvalue weighted by Gasteiger charge is 2.28. The third-order valence-electron chi connectivity index (χ3n) is 3.88. The molecule has 5 heteroatoms. The van der Waals surface area contributed by atoms with Gasteiger partial charge < -0.3 is 15.7 Å². The number of rotatable bonds is 4. The molecule has 2 heterocycles. The van der Waals surface area contributed by atoms with Crippen molar-refractivity contribution < 1.29 is 5.11 Å². The summed E-state index contributed by atoms with van der Waals surface area (Å²) in [5, 5.41) is 9.70. The van der Waals surface area contributed by atoms with Crippen molar-refractivity contribution in [2.75, 3.05) is 23.7 Å². The maximum atomic E-state index is 9.70. The lowest BCUT2D eigenvalue weighted by atomic mass is 10.0. The van der Waals surface area contributed by atoms with E-state index in [4.69, 9.17) is 5.73 Å². The number of hydrogen-bond acceptors (Lipinski definition) is 5. The van der Waals surface area contributed by atoms with Crippen molar-refractivity contribution >= 4 is 11.6 Å². The lowest BCUT2D eigenvalue weighted by Crippen LogP contribution is -2.26. The van der Waals surface area contributed by atoms with E-state index in [1.54, 1.807) is 0 Å². The fourth-order valence-electron chi connectivity index (χ4n) is 2.59. The molecule has 0 aromatic carbocycles. The molecule has 1 saturated heterocycles. The van der Waals surface area contributed by atoms with Gasteiger partial charge >= 0.3 is 0 Å².